The first-order chi connectivity index (χ1) is 22.7. The van der Waals surface area contributed by atoms with E-state index in [9.17, 15) is 15.0 Å². The Balaban J connectivity index is 3.58. The van der Waals surface area contributed by atoms with Crippen LogP contribution in [0.1, 0.15) is 168 Å². The summed E-state index contributed by atoms with van der Waals surface area (Å²) in [4.78, 5) is 12.3. The first kappa shape index (κ1) is 43.8. The maximum Gasteiger partial charge on any atom is 0.220 e. The molecule has 0 fully saturated rings. The van der Waals surface area contributed by atoms with E-state index in [1.165, 1.54) is 77.0 Å². The summed E-state index contributed by atoms with van der Waals surface area (Å²) in [5, 5.41) is 22.9. The second-order valence-electron chi connectivity index (χ2n) is 12.6. The molecule has 0 rings (SSSR count). The highest BCUT2D eigenvalue weighted by atomic mass is 16.3. The summed E-state index contributed by atoms with van der Waals surface area (Å²) in [5.41, 5.74) is 0. The molecule has 4 nitrogen and oxygen atoms in total. The van der Waals surface area contributed by atoms with E-state index in [4.69, 9.17) is 0 Å². The quantitative estimate of drug-likeness (QED) is 0.0494. The fourth-order valence-electron chi connectivity index (χ4n) is 5.30. The molecule has 0 aliphatic carbocycles. The average molecular weight is 640 g/mol. The molecule has 0 saturated carbocycles. The van der Waals surface area contributed by atoms with Crippen LogP contribution in [0.2, 0.25) is 0 Å². The molecule has 0 radical (unpaired) electrons. The summed E-state index contributed by atoms with van der Waals surface area (Å²) in [7, 11) is 0. The summed E-state index contributed by atoms with van der Waals surface area (Å²) in [6.45, 7) is 4.18. The van der Waals surface area contributed by atoms with Gasteiger partial charge in [0.2, 0.25) is 5.91 Å². The lowest BCUT2D eigenvalue weighted by Gasteiger charge is -2.22. The Morgan fingerprint density at radius 3 is 1.43 bits per heavy atom. The first-order valence-corrected chi connectivity index (χ1v) is 19.1. The highest BCUT2D eigenvalue weighted by Crippen LogP contribution is 2.13. The number of amides is 1. The molecule has 2 unspecified atom stereocenters. The number of carbonyl (C=O) groups excluding carboxylic acids is 1. The van der Waals surface area contributed by atoms with Crippen LogP contribution in [0.15, 0.2) is 72.9 Å². The van der Waals surface area contributed by atoms with Crippen molar-refractivity contribution in [2.75, 3.05) is 6.61 Å². The molecule has 46 heavy (non-hydrogen) atoms. The zero-order valence-corrected chi connectivity index (χ0v) is 30.1. The number of aliphatic hydroxyl groups excluding tert-OH is 2. The Hall–Kier alpha value is -2.17. The number of hydrogen-bond donors (Lipinski definition) is 3. The molecule has 0 aromatic rings. The predicted molar refractivity (Wildman–Crippen MR) is 202 cm³/mol. The first-order valence-electron chi connectivity index (χ1n) is 19.1. The molecule has 264 valence electrons. The predicted octanol–water partition coefficient (Wildman–Crippen LogP) is 11.6. The number of nitrogens with one attached hydrogen (secondary N) is 1. The second kappa shape index (κ2) is 37.3. The SMILES string of the molecule is CC/C=C\C/C=C\C/C=C\C/C=C\C/C=C\C/C=C\CCCCCCCCCCC(=O)NC(CO)C(O)CCCCCCCCC. The molecule has 0 spiro atoms. The van der Waals surface area contributed by atoms with Gasteiger partial charge in [-0.3, -0.25) is 4.79 Å². The van der Waals surface area contributed by atoms with Crippen molar-refractivity contribution in [1.29, 1.82) is 0 Å². The fourth-order valence-corrected chi connectivity index (χ4v) is 5.30. The van der Waals surface area contributed by atoms with Crippen molar-refractivity contribution in [3.05, 3.63) is 72.9 Å². The number of hydrogen-bond acceptors (Lipinski definition) is 3. The molecule has 0 bridgehead atoms. The third-order valence-electron chi connectivity index (χ3n) is 8.23. The van der Waals surface area contributed by atoms with Gasteiger partial charge < -0.3 is 15.5 Å². The summed E-state index contributed by atoms with van der Waals surface area (Å²) >= 11 is 0. The summed E-state index contributed by atoms with van der Waals surface area (Å²) in [5.74, 6) is -0.0490. The molecule has 0 aliphatic heterocycles. The third kappa shape index (κ3) is 33.2. The van der Waals surface area contributed by atoms with E-state index >= 15 is 0 Å². The summed E-state index contributed by atoms with van der Waals surface area (Å²) < 4.78 is 0. The van der Waals surface area contributed by atoms with Crippen molar-refractivity contribution in [1.82, 2.24) is 5.32 Å². The van der Waals surface area contributed by atoms with Crippen LogP contribution in [-0.2, 0) is 4.79 Å². The topological polar surface area (TPSA) is 69.6 Å². The monoisotopic (exact) mass is 640 g/mol. The molecule has 0 saturated heterocycles. The van der Waals surface area contributed by atoms with Crippen molar-refractivity contribution in [3.8, 4) is 0 Å². The van der Waals surface area contributed by atoms with Crippen LogP contribution in [0.25, 0.3) is 0 Å². The van der Waals surface area contributed by atoms with Crippen LogP contribution < -0.4 is 5.32 Å². The molecule has 1 amide bonds. The zero-order chi connectivity index (χ0) is 33.6. The molecule has 0 heterocycles. The molecule has 0 aromatic heterocycles. The highest BCUT2D eigenvalue weighted by Gasteiger charge is 2.19. The van der Waals surface area contributed by atoms with E-state index < -0.39 is 12.1 Å². The van der Waals surface area contributed by atoms with Crippen molar-refractivity contribution in [3.63, 3.8) is 0 Å². The van der Waals surface area contributed by atoms with E-state index in [1.807, 2.05) is 0 Å². The lowest BCUT2D eigenvalue weighted by atomic mass is 10.0. The molecule has 0 aliphatic rings. The smallest absolute Gasteiger partial charge is 0.220 e. The minimum Gasteiger partial charge on any atom is -0.394 e. The Kier molecular flexibility index (Phi) is 35.5. The highest BCUT2D eigenvalue weighted by molar-refractivity contribution is 5.76. The van der Waals surface area contributed by atoms with Gasteiger partial charge in [0.1, 0.15) is 0 Å². The van der Waals surface area contributed by atoms with Gasteiger partial charge in [-0.1, -0.05) is 170 Å². The number of carbonyl (C=O) groups is 1. The van der Waals surface area contributed by atoms with Crippen LogP contribution in [-0.4, -0.2) is 34.9 Å². The molecule has 4 heteroatoms. The van der Waals surface area contributed by atoms with Crippen LogP contribution in [0.3, 0.4) is 0 Å². The van der Waals surface area contributed by atoms with Crippen molar-refractivity contribution < 1.29 is 15.0 Å². The summed E-state index contributed by atoms with van der Waals surface area (Å²) in [6, 6.07) is -0.541. The van der Waals surface area contributed by atoms with Gasteiger partial charge in [-0.15, -0.1) is 0 Å². The van der Waals surface area contributed by atoms with Gasteiger partial charge in [0.25, 0.3) is 0 Å². The van der Waals surface area contributed by atoms with Crippen molar-refractivity contribution in [2.45, 2.75) is 180 Å². The van der Waals surface area contributed by atoms with E-state index in [0.717, 1.165) is 64.2 Å². The minimum atomic E-state index is -0.663. The van der Waals surface area contributed by atoms with Gasteiger partial charge in [-0.05, 0) is 64.2 Å². The third-order valence-corrected chi connectivity index (χ3v) is 8.23. The van der Waals surface area contributed by atoms with E-state index in [0.29, 0.717) is 12.8 Å². The van der Waals surface area contributed by atoms with E-state index in [1.54, 1.807) is 0 Å². The number of unbranched alkanes of at least 4 members (excludes halogenated alkanes) is 14. The Morgan fingerprint density at radius 2 is 0.957 bits per heavy atom. The molecule has 3 N–H and O–H groups in total. The normalized spacial score (nSPS) is 13.9. The zero-order valence-electron chi connectivity index (χ0n) is 30.1. The van der Waals surface area contributed by atoms with Crippen LogP contribution in [0, 0.1) is 0 Å². The maximum absolute atomic E-state index is 12.3. The summed E-state index contributed by atoms with van der Waals surface area (Å²) in [6.07, 6.45) is 52.6. The Morgan fingerprint density at radius 1 is 0.543 bits per heavy atom. The van der Waals surface area contributed by atoms with Gasteiger partial charge in [0, 0.05) is 6.42 Å². The molecular weight excluding hydrogens is 566 g/mol. The van der Waals surface area contributed by atoms with Crippen LogP contribution >= 0.6 is 0 Å². The van der Waals surface area contributed by atoms with Gasteiger partial charge in [-0.2, -0.15) is 0 Å². The van der Waals surface area contributed by atoms with Gasteiger partial charge in [-0.25, -0.2) is 0 Å². The number of rotatable bonds is 33. The van der Waals surface area contributed by atoms with Gasteiger partial charge in [0.05, 0.1) is 18.8 Å². The Labute approximate surface area is 285 Å². The van der Waals surface area contributed by atoms with Gasteiger partial charge in [0.15, 0.2) is 0 Å². The number of aliphatic hydroxyl groups is 2. The van der Waals surface area contributed by atoms with E-state index in [2.05, 4.69) is 92.1 Å². The second-order valence-corrected chi connectivity index (χ2v) is 12.6. The molecule has 2 atom stereocenters. The van der Waals surface area contributed by atoms with Crippen molar-refractivity contribution in [2.24, 2.45) is 0 Å². The largest absolute Gasteiger partial charge is 0.394 e. The Bertz CT molecular complexity index is 823. The fraction of sp³-hybridized carbons (Fsp3) is 0.690. The maximum atomic E-state index is 12.3. The standard InChI is InChI=1S/C42H73NO3/c1-3-5-7-9-11-12-13-14-15-16-17-18-19-20-21-22-23-24-25-26-27-28-29-30-32-34-36-38-42(46)43-40(39-44)41(45)37-35-33-31-10-8-6-4-2/h5,7,11-12,14-15,17-18,20-21,23-24,40-41,44-45H,3-4,6,8-10,13,16,19,22,25-39H2,1-2H3,(H,43,46)/b7-5-,12-11-,15-14-,18-17-,21-20-,24-23-. The minimum absolute atomic E-state index is 0.0490. The average Bonchev–Trinajstić information content (AvgIpc) is 3.06. The van der Waals surface area contributed by atoms with Crippen LogP contribution in [0.4, 0.5) is 0 Å². The lowest BCUT2D eigenvalue weighted by Crippen LogP contribution is -2.45. The lowest BCUT2D eigenvalue weighted by molar-refractivity contribution is -0.123. The molecule has 0 aromatic carbocycles. The van der Waals surface area contributed by atoms with Gasteiger partial charge >= 0.3 is 0 Å². The van der Waals surface area contributed by atoms with E-state index in [-0.39, 0.29) is 12.5 Å². The number of allylic oxidation sites excluding steroid dienone is 12. The molecular formula is C42H73NO3. The van der Waals surface area contributed by atoms with Crippen molar-refractivity contribution >= 4 is 5.91 Å². The van der Waals surface area contributed by atoms with Crippen LogP contribution in [0.5, 0.6) is 0 Å².